The molecule has 3 rings (SSSR count). The highest BCUT2D eigenvalue weighted by Gasteiger charge is 2.15. The van der Waals surface area contributed by atoms with Crippen molar-refractivity contribution < 1.29 is 26.3 Å². The third-order valence-electron chi connectivity index (χ3n) is 4.05. The fourth-order valence-corrected chi connectivity index (χ4v) is 2.80. The van der Waals surface area contributed by atoms with Crippen molar-refractivity contribution in [3.05, 3.63) is 65.0 Å². The van der Waals surface area contributed by atoms with E-state index in [1.165, 1.54) is 29.5 Å². The summed E-state index contributed by atoms with van der Waals surface area (Å²) in [5.74, 6) is 0.187. The van der Waals surface area contributed by atoms with Crippen LogP contribution >= 0.6 is 0 Å². The maximum Gasteiger partial charge on any atom is 0.227 e. The van der Waals surface area contributed by atoms with Crippen molar-refractivity contribution in [1.29, 1.82) is 0 Å². The number of hydrogen-bond donors (Lipinski definition) is 0. The van der Waals surface area contributed by atoms with Crippen LogP contribution in [0.2, 0.25) is 0 Å². The van der Waals surface area contributed by atoms with E-state index >= 15 is 0 Å². The number of benzene rings is 1. The molecule has 2 aromatic rings. The SMILES string of the molecule is Cc1cc[n+](CC(=O)c2ccc3c(c2)CCCC3)cc1.[Br-]. The van der Waals surface area contributed by atoms with Crippen LogP contribution in [0.25, 0.3) is 0 Å². The van der Waals surface area contributed by atoms with Crippen LogP contribution in [0.5, 0.6) is 0 Å². The van der Waals surface area contributed by atoms with Gasteiger partial charge in [0.05, 0.1) is 0 Å². The van der Waals surface area contributed by atoms with Gasteiger partial charge in [-0.25, -0.2) is 0 Å². The Kier molecular flexibility index (Phi) is 5.29. The molecular formula is C18H20BrNO. The molecule has 1 heterocycles. The molecule has 0 aliphatic heterocycles. The Bertz CT molecular complexity index is 634. The van der Waals surface area contributed by atoms with E-state index in [1.807, 2.05) is 35.2 Å². The molecule has 1 aromatic carbocycles. The van der Waals surface area contributed by atoms with Crippen LogP contribution in [0, 0.1) is 6.92 Å². The molecule has 0 bridgehead atoms. The topological polar surface area (TPSA) is 20.9 Å². The molecule has 1 aromatic heterocycles. The molecule has 21 heavy (non-hydrogen) atoms. The first-order valence-corrected chi connectivity index (χ1v) is 7.33. The van der Waals surface area contributed by atoms with Gasteiger partial charge in [-0.2, -0.15) is 4.57 Å². The molecule has 110 valence electrons. The standard InChI is InChI=1S/C18H20NO.BrH/c1-14-8-10-19(11-9-14)13-18(20)17-7-6-15-4-2-3-5-16(15)12-17;/h6-12H,2-5,13H2,1H3;1H/q+1;/p-1. The van der Waals surface area contributed by atoms with Crippen molar-refractivity contribution in [3.63, 3.8) is 0 Å². The summed E-state index contributed by atoms with van der Waals surface area (Å²) in [5.41, 5.74) is 4.85. The number of hydrogen-bond acceptors (Lipinski definition) is 1. The number of aromatic nitrogens is 1. The van der Waals surface area contributed by atoms with Gasteiger partial charge in [-0.3, -0.25) is 4.79 Å². The quantitative estimate of drug-likeness (QED) is 0.568. The first-order chi connectivity index (χ1) is 9.72. The lowest BCUT2D eigenvalue weighted by atomic mass is 9.90. The number of carbonyl (C=O) groups is 1. The number of rotatable bonds is 3. The largest absolute Gasteiger partial charge is 1.00 e. The third kappa shape index (κ3) is 3.79. The maximum atomic E-state index is 12.4. The summed E-state index contributed by atoms with van der Waals surface area (Å²) in [5, 5.41) is 0. The van der Waals surface area contributed by atoms with Gasteiger partial charge in [-0.05, 0) is 55.4 Å². The van der Waals surface area contributed by atoms with E-state index in [0.29, 0.717) is 6.54 Å². The predicted octanol–water partition coefficient (Wildman–Crippen LogP) is 0.0482. The molecule has 0 saturated heterocycles. The lowest BCUT2D eigenvalue weighted by molar-refractivity contribution is -0.683. The van der Waals surface area contributed by atoms with Crippen molar-refractivity contribution in [2.24, 2.45) is 0 Å². The van der Waals surface area contributed by atoms with Crippen molar-refractivity contribution in [2.75, 3.05) is 0 Å². The second-order valence-electron chi connectivity index (χ2n) is 5.66. The molecular weight excluding hydrogens is 326 g/mol. The zero-order valence-corrected chi connectivity index (χ0v) is 13.9. The summed E-state index contributed by atoms with van der Waals surface area (Å²) >= 11 is 0. The molecule has 2 nitrogen and oxygen atoms in total. The van der Waals surface area contributed by atoms with E-state index in [-0.39, 0.29) is 22.8 Å². The summed E-state index contributed by atoms with van der Waals surface area (Å²) in [4.78, 5) is 12.4. The third-order valence-corrected chi connectivity index (χ3v) is 4.05. The fraction of sp³-hybridized carbons (Fsp3) is 0.333. The number of ketones is 1. The van der Waals surface area contributed by atoms with Gasteiger partial charge in [0.25, 0.3) is 0 Å². The fourth-order valence-electron chi connectivity index (χ4n) is 2.80. The van der Waals surface area contributed by atoms with E-state index in [0.717, 1.165) is 18.4 Å². The zero-order chi connectivity index (χ0) is 13.9. The van der Waals surface area contributed by atoms with Crippen molar-refractivity contribution in [1.82, 2.24) is 0 Å². The van der Waals surface area contributed by atoms with Crippen LogP contribution in [0.15, 0.2) is 42.7 Å². The molecule has 0 spiro atoms. The molecule has 0 unspecified atom stereocenters. The van der Waals surface area contributed by atoms with Crippen molar-refractivity contribution >= 4 is 5.78 Å². The number of carbonyl (C=O) groups excluding carboxylic acids is 1. The predicted molar refractivity (Wildman–Crippen MR) is 78.8 cm³/mol. The van der Waals surface area contributed by atoms with Crippen LogP contribution in [0.4, 0.5) is 0 Å². The molecule has 0 N–H and O–H groups in total. The zero-order valence-electron chi connectivity index (χ0n) is 12.3. The minimum atomic E-state index is 0. The highest BCUT2D eigenvalue weighted by Crippen LogP contribution is 2.22. The number of Topliss-reactive ketones (excluding diaryl/α,β-unsaturated/α-hetero) is 1. The smallest absolute Gasteiger partial charge is 0.227 e. The van der Waals surface area contributed by atoms with Gasteiger partial charge in [0.1, 0.15) is 0 Å². The average molecular weight is 346 g/mol. The van der Waals surface area contributed by atoms with Gasteiger partial charge >= 0.3 is 0 Å². The molecule has 1 aliphatic rings. The number of pyridine rings is 1. The molecule has 0 fully saturated rings. The van der Waals surface area contributed by atoms with Crippen molar-refractivity contribution in [3.8, 4) is 0 Å². The van der Waals surface area contributed by atoms with Gasteiger partial charge in [0.2, 0.25) is 12.3 Å². The van der Waals surface area contributed by atoms with E-state index < -0.39 is 0 Å². The normalized spacial score (nSPS) is 13.2. The Morgan fingerprint density at radius 3 is 2.43 bits per heavy atom. The molecule has 0 saturated carbocycles. The van der Waals surface area contributed by atoms with E-state index in [9.17, 15) is 4.79 Å². The second kappa shape index (κ2) is 6.99. The van der Waals surface area contributed by atoms with Gasteiger partial charge in [0, 0.05) is 17.7 Å². The summed E-state index contributed by atoms with van der Waals surface area (Å²) in [7, 11) is 0. The maximum absolute atomic E-state index is 12.4. The Labute approximate surface area is 136 Å². The van der Waals surface area contributed by atoms with Crippen LogP contribution in [0.1, 0.15) is 39.9 Å². The molecule has 0 radical (unpaired) electrons. The Morgan fingerprint density at radius 2 is 1.71 bits per heavy atom. The van der Waals surface area contributed by atoms with Gasteiger partial charge in [-0.15, -0.1) is 0 Å². The Balaban J connectivity index is 0.00000161. The number of fused-ring (bicyclic) bond motifs is 1. The first-order valence-electron chi connectivity index (χ1n) is 7.33. The van der Waals surface area contributed by atoms with Gasteiger partial charge in [-0.1, -0.05) is 12.1 Å². The minimum absolute atomic E-state index is 0. The first kappa shape index (κ1) is 15.9. The van der Waals surface area contributed by atoms with Crippen LogP contribution in [-0.4, -0.2) is 5.78 Å². The van der Waals surface area contributed by atoms with Crippen LogP contribution in [0.3, 0.4) is 0 Å². The lowest BCUT2D eigenvalue weighted by Gasteiger charge is -2.15. The summed E-state index contributed by atoms with van der Waals surface area (Å²) in [6.07, 6.45) is 8.73. The summed E-state index contributed by atoms with van der Waals surface area (Å²) in [6, 6.07) is 10.3. The lowest BCUT2D eigenvalue weighted by Crippen LogP contribution is -3.00. The molecule has 3 heteroatoms. The van der Waals surface area contributed by atoms with E-state index in [1.54, 1.807) is 0 Å². The highest BCUT2D eigenvalue weighted by atomic mass is 79.9. The monoisotopic (exact) mass is 345 g/mol. The van der Waals surface area contributed by atoms with Crippen LogP contribution < -0.4 is 21.5 Å². The second-order valence-corrected chi connectivity index (χ2v) is 5.66. The Morgan fingerprint density at radius 1 is 1.05 bits per heavy atom. The average Bonchev–Trinajstić information content (AvgIpc) is 2.49. The molecule has 0 amide bonds. The summed E-state index contributed by atoms with van der Waals surface area (Å²) < 4.78 is 1.94. The van der Waals surface area contributed by atoms with E-state index in [4.69, 9.17) is 0 Å². The van der Waals surface area contributed by atoms with Gasteiger partial charge in [0.15, 0.2) is 12.4 Å². The Hall–Kier alpha value is -1.48. The van der Waals surface area contributed by atoms with Crippen LogP contribution in [-0.2, 0) is 19.4 Å². The number of halogens is 1. The minimum Gasteiger partial charge on any atom is -1.00 e. The highest BCUT2D eigenvalue weighted by molar-refractivity contribution is 5.95. The number of aryl methyl sites for hydroxylation is 3. The van der Waals surface area contributed by atoms with Crippen molar-refractivity contribution in [2.45, 2.75) is 39.2 Å². The van der Waals surface area contributed by atoms with E-state index in [2.05, 4.69) is 19.1 Å². The number of nitrogens with zero attached hydrogens (tertiary/aromatic N) is 1. The molecule has 0 atom stereocenters. The summed E-state index contributed by atoms with van der Waals surface area (Å²) in [6.45, 7) is 2.47. The molecule has 1 aliphatic carbocycles. The van der Waals surface area contributed by atoms with Gasteiger partial charge < -0.3 is 17.0 Å².